The van der Waals surface area contributed by atoms with Crippen LogP contribution in [0.4, 0.5) is 0 Å². The number of para-hydroxylation sites is 1. The zero-order valence-electron chi connectivity index (χ0n) is 10.2. The zero-order valence-corrected chi connectivity index (χ0v) is 11.8. The van der Waals surface area contributed by atoms with Crippen LogP contribution in [0, 0.1) is 0 Å². The lowest BCUT2D eigenvalue weighted by Crippen LogP contribution is -2.28. The normalized spacial score (nSPS) is 23.3. The van der Waals surface area contributed by atoms with Crippen molar-refractivity contribution in [3.05, 3.63) is 52.0 Å². The maximum atomic E-state index is 6.12. The Hall–Kier alpha value is -0.960. The van der Waals surface area contributed by atoms with E-state index in [1.54, 1.807) is 14.2 Å². The molecule has 0 saturated heterocycles. The molecule has 1 aromatic rings. The Morgan fingerprint density at radius 2 is 1.83 bits per heavy atom. The van der Waals surface area contributed by atoms with E-state index in [-0.39, 0.29) is 0 Å². The molecule has 2 rings (SSSR count). The van der Waals surface area contributed by atoms with Gasteiger partial charge in [-0.2, -0.15) is 0 Å². The van der Waals surface area contributed by atoms with Gasteiger partial charge in [0, 0.05) is 19.1 Å². The van der Waals surface area contributed by atoms with Crippen molar-refractivity contribution < 1.29 is 9.47 Å². The Balaban J connectivity index is 2.52. The van der Waals surface area contributed by atoms with Gasteiger partial charge in [-0.05, 0) is 12.1 Å². The summed E-state index contributed by atoms with van der Waals surface area (Å²) < 4.78 is 11.1. The molecule has 2 nitrogen and oxygen atoms in total. The van der Waals surface area contributed by atoms with Gasteiger partial charge in [0.25, 0.3) is 0 Å². The Kier molecular flexibility index (Phi) is 4.00. The predicted octanol–water partition coefficient (Wildman–Crippen LogP) is 4.19. The minimum Gasteiger partial charge on any atom is -0.496 e. The lowest BCUT2D eigenvalue weighted by molar-refractivity contribution is 0.0283. The largest absolute Gasteiger partial charge is 0.496 e. The molecular weight excluding hydrogens is 271 g/mol. The van der Waals surface area contributed by atoms with Gasteiger partial charge in [-0.15, -0.1) is 0 Å². The molecule has 0 heterocycles. The van der Waals surface area contributed by atoms with E-state index < -0.39 is 5.60 Å². The predicted molar refractivity (Wildman–Crippen MR) is 74.2 cm³/mol. The summed E-state index contributed by atoms with van der Waals surface area (Å²) in [6, 6.07) is 7.73. The third-order valence-corrected chi connectivity index (χ3v) is 3.87. The Labute approximate surface area is 117 Å². The van der Waals surface area contributed by atoms with Gasteiger partial charge in [-0.25, -0.2) is 0 Å². The molecule has 0 radical (unpaired) electrons. The van der Waals surface area contributed by atoms with E-state index >= 15 is 0 Å². The van der Waals surface area contributed by atoms with Crippen LogP contribution in [-0.2, 0) is 10.3 Å². The van der Waals surface area contributed by atoms with Gasteiger partial charge in [0.05, 0.1) is 17.2 Å². The maximum absolute atomic E-state index is 6.12. The van der Waals surface area contributed by atoms with Gasteiger partial charge in [-0.1, -0.05) is 47.5 Å². The van der Waals surface area contributed by atoms with Gasteiger partial charge >= 0.3 is 0 Å². The number of ether oxygens (including phenoxy) is 2. The summed E-state index contributed by atoms with van der Waals surface area (Å²) in [5.74, 6) is 0.770. The lowest BCUT2D eigenvalue weighted by atomic mass is 9.86. The fourth-order valence-corrected chi connectivity index (χ4v) is 2.49. The first-order valence-corrected chi connectivity index (χ1v) is 6.31. The minimum absolute atomic E-state index is 0.496. The first kappa shape index (κ1) is 13.5. The molecule has 1 aromatic carbocycles. The SMILES string of the molecule is COc1ccccc1C1(OC)C=C(Cl)C(Cl)=CC1. The van der Waals surface area contributed by atoms with Crippen molar-refractivity contribution in [2.24, 2.45) is 0 Å². The molecule has 0 fully saturated rings. The standard InChI is InChI=1S/C14H14Cl2O2/c1-17-13-6-4-3-5-10(13)14(18-2)8-7-11(15)12(16)9-14/h3-7,9H,8H2,1-2H3. The molecule has 0 saturated carbocycles. The summed E-state index contributed by atoms with van der Waals surface area (Å²) in [5, 5.41) is 1.05. The van der Waals surface area contributed by atoms with Crippen molar-refractivity contribution in [2.45, 2.75) is 12.0 Å². The lowest BCUT2D eigenvalue weighted by Gasteiger charge is -2.32. The molecule has 0 amide bonds. The fraction of sp³-hybridized carbons (Fsp3) is 0.286. The Morgan fingerprint density at radius 3 is 2.44 bits per heavy atom. The van der Waals surface area contributed by atoms with Crippen LogP contribution in [-0.4, -0.2) is 14.2 Å². The molecule has 18 heavy (non-hydrogen) atoms. The molecule has 0 N–H and O–H groups in total. The second-order valence-electron chi connectivity index (χ2n) is 4.04. The Morgan fingerprint density at radius 1 is 1.11 bits per heavy atom. The number of hydrogen-bond donors (Lipinski definition) is 0. The van der Waals surface area contributed by atoms with Gasteiger partial charge in [0.1, 0.15) is 11.4 Å². The van der Waals surface area contributed by atoms with Crippen LogP contribution in [0.5, 0.6) is 5.75 Å². The number of hydrogen-bond acceptors (Lipinski definition) is 2. The molecule has 96 valence electrons. The molecule has 1 aliphatic carbocycles. The number of methoxy groups -OCH3 is 2. The zero-order chi connectivity index (χ0) is 13.2. The molecule has 0 aliphatic heterocycles. The van der Waals surface area contributed by atoms with E-state index in [0.29, 0.717) is 16.5 Å². The third kappa shape index (κ3) is 2.28. The van der Waals surface area contributed by atoms with Gasteiger partial charge in [-0.3, -0.25) is 0 Å². The van der Waals surface area contributed by atoms with Crippen LogP contribution in [0.2, 0.25) is 0 Å². The fourth-order valence-electron chi connectivity index (χ4n) is 2.11. The van der Waals surface area contributed by atoms with Crippen LogP contribution < -0.4 is 4.74 Å². The average Bonchev–Trinajstić information content (AvgIpc) is 2.42. The molecule has 0 aromatic heterocycles. The smallest absolute Gasteiger partial charge is 0.125 e. The summed E-state index contributed by atoms with van der Waals surface area (Å²) in [6.07, 6.45) is 4.31. The first-order valence-electron chi connectivity index (χ1n) is 5.56. The van der Waals surface area contributed by atoms with Crippen LogP contribution >= 0.6 is 23.2 Å². The minimum atomic E-state index is -0.623. The van der Waals surface area contributed by atoms with E-state index in [4.69, 9.17) is 32.7 Å². The number of benzene rings is 1. The summed E-state index contributed by atoms with van der Waals surface area (Å²) in [4.78, 5) is 0. The average molecular weight is 285 g/mol. The molecule has 0 spiro atoms. The van der Waals surface area contributed by atoms with Crippen molar-refractivity contribution in [2.75, 3.05) is 14.2 Å². The highest BCUT2D eigenvalue weighted by Crippen LogP contribution is 2.42. The summed E-state index contributed by atoms with van der Waals surface area (Å²) >= 11 is 12.1. The quantitative estimate of drug-likeness (QED) is 0.829. The van der Waals surface area contributed by atoms with Crippen molar-refractivity contribution >= 4 is 23.2 Å². The number of rotatable bonds is 3. The van der Waals surface area contributed by atoms with E-state index in [1.807, 2.05) is 36.4 Å². The van der Waals surface area contributed by atoms with Crippen LogP contribution in [0.3, 0.4) is 0 Å². The molecule has 1 atom stereocenters. The van der Waals surface area contributed by atoms with E-state index in [2.05, 4.69) is 0 Å². The molecular formula is C14H14Cl2O2. The Bertz CT molecular complexity index is 508. The molecule has 4 heteroatoms. The number of halogens is 2. The summed E-state index contributed by atoms with van der Waals surface area (Å²) in [5.41, 5.74) is 0.316. The van der Waals surface area contributed by atoms with Crippen molar-refractivity contribution in [3.63, 3.8) is 0 Å². The van der Waals surface area contributed by atoms with Crippen LogP contribution in [0.1, 0.15) is 12.0 Å². The van der Waals surface area contributed by atoms with E-state index in [9.17, 15) is 0 Å². The second kappa shape index (κ2) is 5.35. The molecule has 1 unspecified atom stereocenters. The van der Waals surface area contributed by atoms with Crippen LogP contribution in [0.15, 0.2) is 46.5 Å². The number of allylic oxidation sites excluding steroid dienone is 2. The van der Waals surface area contributed by atoms with Gasteiger partial charge in [0.2, 0.25) is 0 Å². The van der Waals surface area contributed by atoms with Crippen molar-refractivity contribution in [1.82, 2.24) is 0 Å². The van der Waals surface area contributed by atoms with E-state index in [0.717, 1.165) is 11.3 Å². The van der Waals surface area contributed by atoms with Crippen LogP contribution in [0.25, 0.3) is 0 Å². The third-order valence-electron chi connectivity index (χ3n) is 3.10. The highest BCUT2D eigenvalue weighted by Gasteiger charge is 2.34. The molecule has 0 bridgehead atoms. The van der Waals surface area contributed by atoms with Gasteiger partial charge < -0.3 is 9.47 Å². The van der Waals surface area contributed by atoms with Crippen molar-refractivity contribution in [3.8, 4) is 5.75 Å². The highest BCUT2D eigenvalue weighted by atomic mass is 35.5. The van der Waals surface area contributed by atoms with Crippen molar-refractivity contribution in [1.29, 1.82) is 0 Å². The summed E-state index contributed by atoms with van der Waals surface area (Å²) in [7, 11) is 3.29. The topological polar surface area (TPSA) is 18.5 Å². The molecule has 1 aliphatic rings. The summed E-state index contributed by atoms with van der Waals surface area (Å²) in [6.45, 7) is 0. The maximum Gasteiger partial charge on any atom is 0.125 e. The highest BCUT2D eigenvalue weighted by molar-refractivity contribution is 6.44. The second-order valence-corrected chi connectivity index (χ2v) is 4.86. The first-order chi connectivity index (χ1) is 8.63. The monoisotopic (exact) mass is 284 g/mol. The van der Waals surface area contributed by atoms with E-state index in [1.165, 1.54) is 0 Å². The van der Waals surface area contributed by atoms with Gasteiger partial charge in [0.15, 0.2) is 0 Å².